The fourth-order valence-electron chi connectivity index (χ4n) is 2.65. The lowest BCUT2D eigenvalue weighted by Crippen LogP contribution is -1.83. The molecule has 0 saturated carbocycles. The maximum atomic E-state index is 6.04. The van der Waals surface area contributed by atoms with Gasteiger partial charge in [-0.1, -0.05) is 42.5 Å². The fraction of sp³-hybridized carbons (Fsp3) is 0. The van der Waals surface area contributed by atoms with Crippen LogP contribution in [0.5, 0.6) is 0 Å². The molecule has 0 unspecified atom stereocenters. The van der Waals surface area contributed by atoms with Gasteiger partial charge in [0, 0.05) is 5.39 Å². The third-order valence-corrected chi connectivity index (χ3v) is 3.47. The predicted molar refractivity (Wildman–Crippen MR) is 75.6 cm³/mol. The van der Waals surface area contributed by atoms with Crippen LogP contribution in [0.2, 0.25) is 0 Å². The van der Waals surface area contributed by atoms with Gasteiger partial charge in [-0.2, -0.15) is 0 Å². The van der Waals surface area contributed by atoms with Crippen molar-refractivity contribution in [2.45, 2.75) is 0 Å². The van der Waals surface area contributed by atoms with Gasteiger partial charge >= 0.3 is 0 Å². The van der Waals surface area contributed by atoms with Crippen LogP contribution in [0, 0.1) is 0 Å². The number of hydrogen-bond acceptors (Lipinski definition) is 2. The molecule has 0 saturated heterocycles. The molecule has 0 aliphatic heterocycles. The molecule has 0 aliphatic carbocycles. The topological polar surface area (TPSA) is 39.2 Å². The van der Waals surface area contributed by atoms with E-state index in [9.17, 15) is 0 Å². The molecular formula is C16H11NO. The highest BCUT2D eigenvalue weighted by Crippen LogP contribution is 2.35. The summed E-state index contributed by atoms with van der Waals surface area (Å²) in [5.41, 5.74) is 7.58. The third kappa shape index (κ3) is 1.12. The van der Waals surface area contributed by atoms with E-state index in [2.05, 4.69) is 36.4 Å². The Morgan fingerprint density at radius 1 is 0.778 bits per heavy atom. The van der Waals surface area contributed by atoms with Crippen molar-refractivity contribution in [2.75, 3.05) is 5.73 Å². The average molecular weight is 233 g/mol. The summed E-state index contributed by atoms with van der Waals surface area (Å²) in [5, 5.41) is 5.82. The second-order valence-electron chi connectivity index (χ2n) is 4.51. The molecule has 1 aromatic heterocycles. The number of hydrogen-bond donors (Lipinski definition) is 1. The van der Waals surface area contributed by atoms with Gasteiger partial charge in [-0.05, 0) is 22.2 Å². The van der Waals surface area contributed by atoms with Crippen LogP contribution in [0.3, 0.4) is 0 Å². The molecule has 2 nitrogen and oxygen atoms in total. The van der Waals surface area contributed by atoms with E-state index in [-0.39, 0.29) is 0 Å². The van der Waals surface area contributed by atoms with Crippen LogP contribution in [-0.4, -0.2) is 0 Å². The number of anilines is 1. The van der Waals surface area contributed by atoms with Crippen molar-refractivity contribution in [1.29, 1.82) is 0 Å². The van der Waals surface area contributed by atoms with Gasteiger partial charge in [-0.15, -0.1) is 0 Å². The Morgan fingerprint density at radius 2 is 1.56 bits per heavy atom. The highest BCUT2D eigenvalue weighted by atomic mass is 16.3. The van der Waals surface area contributed by atoms with E-state index in [0.29, 0.717) is 5.69 Å². The summed E-state index contributed by atoms with van der Waals surface area (Å²) in [5.74, 6) is 0. The summed E-state index contributed by atoms with van der Waals surface area (Å²) < 4.78 is 5.48. The zero-order valence-corrected chi connectivity index (χ0v) is 9.68. The van der Waals surface area contributed by atoms with Gasteiger partial charge in [0.1, 0.15) is 11.8 Å². The van der Waals surface area contributed by atoms with E-state index < -0.39 is 0 Å². The van der Waals surface area contributed by atoms with E-state index in [1.54, 1.807) is 6.26 Å². The van der Waals surface area contributed by atoms with Gasteiger partial charge < -0.3 is 10.2 Å². The van der Waals surface area contributed by atoms with Crippen LogP contribution < -0.4 is 5.73 Å². The normalized spacial score (nSPS) is 11.6. The minimum absolute atomic E-state index is 0.701. The smallest absolute Gasteiger partial charge is 0.136 e. The lowest BCUT2D eigenvalue weighted by atomic mass is 9.99. The standard InChI is InChI=1S/C16H11NO/c17-13-9-18-14-8-7-11-6-5-10-3-1-2-4-12(10)15(11)16(13)14/h1-9H,17H2. The number of benzene rings is 3. The number of nitrogen functional groups attached to an aromatic ring is 1. The monoisotopic (exact) mass is 233 g/mol. The molecule has 2 heteroatoms. The molecule has 4 rings (SSSR count). The molecule has 18 heavy (non-hydrogen) atoms. The summed E-state index contributed by atoms with van der Waals surface area (Å²) in [6.07, 6.45) is 1.62. The Morgan fingerprint density at radius 3 is 2.50 bits per heavy atom. The highest BCUT2D eigenvalue weighted by Gasteiger charge is 2.09. The first-order valence-corrected chi connectivity index (χ1v) is 5.92. The molecule has 0 bridgehead atoms. The minimum atomic E-state index is 0.701. The van der Waals surface area contributed by atoms with Crippen LogP contribution in [0.4, 0.5) is 5.69 Å². The lowest BCUT2D eigenvalue weighted by Gasteiger charge is -2.05. The fourth-order valence-corrected chi connectivity index (χ4v) is 2.65. The van der Waals surface area contributed by atoms with Crippen LogP contribution >= 0.6 is 0 Å². The first-order valence-electron chi connectivity index (χ1n) is 5.92. The van der Waals surface area contributed by atoms with Crippen LogP contribution in [0.15, 0.2) is 59.2 Å². The number of fused-ring (bicyclic) bond motifs is 5. The molecule has 4 aromatic rings. The van der Waals surface area contributed by atoms with Gasteiger partial charge in [0.15, 0.2) is 0 Å². The largest absolute Gasteiger partial charge is 0.462 e. The molecule has 0 spiro atoms. The molecule has 0 aliphatic rings. The molecule has 1 heterocycles. The second-order valence-corrected chi connectivity index (χ2v) is 4.51. The van der Waals surface area contributed by atoms with Crippen molar-refractivity contribution in [3.63, 3.8) is 0 Å². The number of rotatable bonds is 0. The van der Waals surface area contributed by atoms with E-state index in [1.165, 1.54) is 21.5 Å². The zero-order chi connectivity index (χ0) is 12.1. The van der Waals surface area contributed by atoms with Crippen molar-refractivity contribution < 1.29 is 4.42 Å². The van der Waals surface area contributed by atoms with Crippen molar-refractivity contribution in [3.8, 4) is 0 Å². The van der Waals surface area contributed by atoms with Crippen molar-refractivity contribution in [2.24, 2.45) is 0 Å². The van der Waals surface area contributed by atoms with E-state index in [1.807, 2.05) is 12.1 Å². The third-order valence-electron chi connectivity index (χ3n) is 3.47. The molecule has 2 N–H and O–H groups in total. The Hall–Kier alpha value is -2.48. The summed E-state index contributed by atoms with van der Waals surface area (Å²) in [4.78, 5) is 0. The second kappa shape index (κ2) is 3.26. The average Bonchev–Trinajstić information content (AvgIpc) is 2.80. The van der Waals surface area contributed by atoms with Gasteiger partial charge in [0.2, 0.25) is 0 Å². The van der Waals surface area contributed by atoms with Crippen molar-refractivity contribution in [3.05, 3.63) is 54.8 Å². The van der Waals surface area contributed by atoms with Gasteiger partial charge in [0.25, 0.3) is 0 Å². The Bertz CT molecular complexity index is 889. The molecule has 0 fully saturated rings. The molecule has 3 aromatic carbocycles. The lowest BCUT2D eigenvalue weighted by molar-refractivity contribution is 0.617. The quantitative estimate of drug-likeness (QED) is 0.459. The SMILES string of the molecule is Nc1coc2ccc3ccc4ccccc4c3c12. The summed E-state index contributed by atoms with van der Waals surface area (Å²) in [6.45, 7) is 0. The number of furan rings is 1. The van der Waals surface area contributed by atoms with Crippen molar-refractivity contribution in [1.82, 2.24) is 0 Å². The maximum Gasteiger partial charge on any atom is 0.136 e. The number of nitrogens with two attached hydrogens (primary N) is 1. The Balaban J connectivity index is 2.41. The predicted octanol–water partition coefficient (Wildman–Crippen LogP) is 4.32. The summed E-state index contributed by atoms with van der Waals surface area (Å²) >= 11 is 0. The molecule has 86 valence electrons. The zero-order valence-electron chi connectivity index (χ0n) is 9.68. The Labute approximate surface area is 104 Å². The van der Waals surface area contributed by atoms with Crippen molar-refractivity contribution >= 4 is 38.2 Å². The van der Waals surface area contributed by atoms with Gasteiger partial charge in [0.05, 0.1) is 11.1 Å². The van der Waals surface area contributed by atoms with Gasteiger partial charge in [-0.3, -0.25) is 0 Å². The molecular weight excluding hydrogens is 222 g/mol. The van der Waals surface area contributed by atoms with Crippen LogP contribution in [0.1, 0.15) is 0 Å². The molecule has 0 amide bonds. The molecule has 0 radical (unpaired) electrons. The van der Waals surface area contributed by atoms with E-state index >= 15 is 0 Å². The minimum Gasteiger partial charge on any atom is -0.462 e. The molecule has 0 atom stereocenters. The Kier molecular flexibility index (Phi) is 1.73. The first-order chi connectivity index (χ1) is 8.84. The van der Waals surface area contributed by atoms with Crippen LogP contribution in [-0.2, 0) is 0 Å². The van der Waals surface area contributed by atoms with Gasteiger partial charge in [-0.25, -0.2) is 0 Å². The summed E-state index contributed by atoms with van der Waals surface area (Å²) in [6, 6.07) is 16.7. The highest BCUT2D eigenvalue weighted by molar-refractivity contribution is 6.22. The summed E-state index contributed by atoms with van der Waals surface area (Å²) in [7, 11) is 0. The van der Waals surface area contributed by atoms with E-state index in [0.717, 1.165) is 11.0 Å². The van der Waals surface area contributed by atoms with Crippen LogP contribution in [0.25, 0.3) is 32.5 Å². The first kappa shape index (κ1) is 9.54. The maximum absolute atomic E-state index is 6.04. The van der Waals surface area contributed by atoms with E-state index in [4.69, 9.17) is 10.2 Å².